The lowest BCUT2D eigenvalue weighted by Gasteiger charge is -2.34. The predicted octanol–water partition coefficient (Wildman–Crippen LogP) is 6.27. The van der Waals surface area contributed by atoms with Gasteiger partial charge in [-0.3, -0.25) is 0 Å². The lowest BCUT2D eigenvalue weighted by molar-refractivity contribution is -0.274. The third-order valence-corrected chi connectivity index (χ3v) is 4.57. The zero-order chi connectivity index (χ0) is 23.2. The SMILES string of the molecule is [2H]C1([2H])CC(c2ccc(OC(F)(F)F)cc2)CC([2H])([2H])N1c1ccc(C(C)(C)C)cc1. The van der Waals surface area contributed by atoms with E-state index in [1.165, 1.54) is 29.2 Å². The van der Waals surface area contributed by atoms with Crippen LogP contribution in [0.4, 0.5) is 18.9 Å². The summed E-state index contributed by atoms with van der Waals surface area (Å²) in [5.41, 5.74) is 2.01. The van der Waals surface area contributed by atoms with Gasteiger partial charge in [-0.15, -0.1) is 13.2 Å². The van der Waals surface area contributed by atoms with E-state index in [1.54, 1.807) is 12.1 Å². The van der Waals surface area contributed by atoms with Gasteiger partial charge in [-0.1, -0.05) is 45.0 Å². The average Bonchev–Trinajstić information content (AvgIpc) is 2.58. The van der Waals surface area contributed by atoms with Gasteiger partial charge in [0, 0.05) is 24.2 Å². The predicted molar refractivity (Wildman–Crippen MR) is 102 cm³/mol. The minimum absolute atomic E-state index is 0.00695. The molecule has 1 saturated heterocycles. The number of hydrogen-bond donors (Lipinski definition) is 0. The van der Waals surface area contributed by atoms with Gasteiger partial charge in [-0.25, -0.2) is 0 Å². The van der Waals surface area contributed by atoms with E-state index in [9.17, 15) is 13.2 Å². The molecule has 0 saturated carbocycles. The molecule has 0 N–H and O–H groups in total. The minimum Gasteiger partial charge on any atom is -0.406 e. The third kappa shape index (κ3) is 5.18. The summed E-state index contributed by atoms with van der Waals surface area (Å²) in [7, 11) is 0. The maximum Gasteiger partial charge on any atom is 0.573 e. The molecule has 27 heavy (non-hydrogen) atoms. The number of anilines is 1. The van der Waals surface area contributed by atoms with Gasteiger partial charge in [0.15, 0.2) is 0 Å². The van der Waals surface area contributed by atoms with Crippen molar-refractivity contribution in [2.24, 2.45) is 0 Å². The molecule has 0 unspecified atom stereocenters. The van der Waals surface area contributed by atoms with Crippen molar-refractivity contribution in [2.45, 2.75) is 51.3 Å². The molecule has 0 bridgehead atoms. The molecule has 0 radical (unpaired) electrons. The number of hydrogen-bond acceptors (Lipinski definition) is 2. The molecule has 0 aliphatic carbocycles. The van der Waals surface area contributed by atoms with E-state index in [4.69, 9.17) is 5.48 Å². The summed E-state index contributed by atoms with van der Waals surface area (Å²) in [6, 6.07) is 12.5. The lowest BCUT2D eigenvalue weighted by atomic mass is 9.86. The van der Waals surface area contributed by atoms with Crippen LogP contribution in [0.25, 0.3) is 0 Å². The van der Waals surface area contributed by atoms with Gasteiger partial charge in [-0.2, -0.15) is 0 Å². The Kier molecular flexibility index (Phi) is 4.09. The molecule has 2 aromatic carbocycles. The second kappa shape index (κ2) is 7.45. The van der Waals surface area contributed by atoms with Crippen molar-refractivity contribution in [2.75, 3.05) is 17.9 Å². The van der Waals surface area contributed by atoms with Gasteiger partial charge in [0.1, 0.15) is 5.75 Å². The second-order valence-electron chi connectivity index (χ2n) is 7.67. The Morgan fingerprint density at radius 1 is 0.926 bits per heavy atom. The molecule has 0 atom stereocenters. The zero-order valence-corrected chi connectivity index (χ0v) is 15.6. The Labute approximate surface area is 164 Å². The largest absolute Gasteiger partial charge is 0.573 e. The number of benzene rings is 2. The fourth-order valence-corrected chi connectivity index (χ4v) is 3.00. The fraction of sp³-hybridized carbons (Fsp3) is 0.455. The Bertz CT molecular complexity index is 888. The molecular weight excluding hydrogens is 351 g/mol. The first kappa shape index (κ1) is 14.8. The first-order chi connectivity index (χ1) is 14.1. The van der Waals surface area contributed by atoms with E-state index < -0.39 is 25.3 Å². The monoisotopic (exact) mass is 381 g/mol. The second-order valence-corrected chi connectivity index (χ2v) is 7.67. The van der Waals surface area contributed by atoms with E-state index in [1.807, 2.05) is 12.1 Å². The first-order valence-corrected chi connectivity index (χ1v) is 8.85. The summed E-state index contributed by atoms with van der Waals surface area (Å²) >= 11 is 0. The highest BCUT2D eigenvalue weighted by Gasteiger charge is 2.31. The van der Waals surface area contributed by atoms with Crippen LogP contribution in [-0.4, -0.2) is 19.4 Å². The van der Waals surface area contributed by atoms with Crippen LogP contribution in [0.15, 0.2) is 48.5 Å². The van der Waals surface area contributed by atoms with Crippen LogP contribution in [0.2, 0.25) is 0 Å². The topological polar surface area (TPSA) is 12.5 Å². The quantitative estimate of drug-likeness (QED) is 0.621. The van der Waals surface area contributed by atoms with Crippen molar-refractivity contribution in [3.63, 3.8) is 0 Å². The van der Waals surface area contributed by atoms with E-state index >= 15 is 0 Å². The number of halogens is 3. The van der Waals surface area contributed by atoms with Crippen LogP contribution in [0.5, 0.6) is 5.75 Å². The number of rotatable bonds is 3. The summed E-state index contributed by atoms with van der Waals surface area (Å²) in [5, 5.41) is 0. The maximum atomic E-state index is 12.4. The lowest BCUT2D eigenvalue weighted by Crippen LogP contribution is -2.32. The highest BCUT2D eigenvalue weighted by Crippen LogP contribution is 2.33. The normalized spacial score (nSPS) is 22.4. The van der Waals surface area contributed by atoms with E-state index in [0.717, 1.165) is 5.56 Å². The summed E-state index contributed by atoms with van der Waals surface area (Å²) in [6.45, 7) is 2.22. The number of piperidine rings is 1. The van der Waals surface area contributed by atoms with Crippen molar-refractivity contribution in [3.8, 4) is 5.75 Å². The van der Waals surface area contributed by atoms with E-state index in [-0.39, 0.29) is 24.0 Å². The molecule has 5 heteroatoms. The zero-order valence-electron chi connectivity index (χ0n) is 19.6. The first-order valence-electron chi connectivity index (χ1n) is 10.9. The van der Waals surface area contributed by atoms with E-state index in [2.05, 4.69) is 25.5 Å². The van der Waals surface area contributed by atoms with Crippen LogP contribution < -0.4 is 9.64 Å². The Balaban J connectivity index is 1.84. The van der Waals surface area contributed by atoms with Gasteiger partial charge in [-0.05, 0) is 59.6 Å². The smallest absolute Gasteiger partial charge is 0.406 e. The summed E-state index contributed by atoms with van der Waals surface area (Å²) in [4.78, 5) is 1.17. The van der Waals surface area contributed by atoms with Crippen LogP contribution in [-0.2, 0) is 5.41 Å². The molecular formula is C22H26F3NO. The highest BCUT2D eigenvalue weighted by atomic mass is 19.4. The van der Waals surface area contributed by atoms with Gasteiger partial charge >= 0.3 is 6.36 Å². The summed E-state index contributed by atoms with van der Waals surface area (Å²) in [5.74, 6) is -0.853. The van der Waals surface area contributed by atoms with Crippen LogP contribution >= 0.6 is 0 Å². The molecule has 2 nitrogen and oxygen atoms in total. The molecule has 146 valence electrons. The average molecular weight is 381 g/mol. The van der Waals surface area contributed by atoms with E-state index in [0.29, 0.717) is 11.3 Å². The molecule has 1 heterocycles. The standard InChI is InChI=1S/C22H26F3NO/c1-21(2,3)18-6-8-19(9-7-18)26-14-12-17(13-15-26)16-4-10-20(11-5-16)27-22(23,24)25/h4-11,17H,12-15H2,1-3H3/i14D2,15D2. The van der Waals surface area contributed by atoms with Gasteiger partial charge < -0.3 is 9.64 Å². The molecule has 1 fully saturated rings. The Morgan fingerprint density at radius 2 is 1.48 bits per heavy atom. The molecule has 0 spiro atoms. The molecule has 0 aromatic heterocycles. The minimum atomic E-state index is -4.79. The van der Waals surface area contributed by atoms with Crippen molar-refractivity contribution >= 4 is 5.69 Å². The van der Waals surface area contributed by atoms with Crippen molar-refractivity contribution in [1.29, 1.82) is 0 Å². The fourth-order valence-electron chi connectivity index (χ4n) is 3.00. The molecule has 1 aliphatic rings. The molecule has 1 aliphatic heterocycles. The Hall–Kier alpha value is -2.17. The van der Waals surface area contributed by atoms with Gasteiger partial charge in [0.05, 0.1) is 0 Å². The van der Waals surface area contributed by atoms with Crippen molar-refractivity contribution in [1.82, 2.24) is 0 Å². The van der Waals surface area contributed by atoms with Crippen molar-refractivity contribution < 1.29 is 23.4 Å². The molecule has 3 rings (SSSR count). The summed E-state index contributed by atoms with van der Waals surface area (Å²) in [6.07, 6.45) is -4.77. The third-order valence-electron chi connectivity index (χ3n) is 4.57. The van der Waals surface area contributed by atoms with Gasteiger partial charge in [0.2, 0.25) is 0 Å². The number of alkyl halides is 3. The maximum absolute atomic E-state index is 12.4. The summed E-state index contributed by atoms with van der Waals surface area (Å²) < 4.78 is 75.3. The highest BCUT2D eigenvalue weighted by molar-refractivity contribution is 5.49. The number of ether oxygens (including phenoxy) is 1. The number of nitrogens with zero attached hydrogens (tertiary/aromatic N) is 1. The van der Waals surface area contributed by atoms with Gasteiger partial charge in [0.25, 0.3) is 0 Å². The van der Waals surface area contributed by atoms with Crippen LogP contribution in [0.1, 0.15) is 56.1 Å². The molecule has 0 amide bonds. The Morgan fingerprint density at radius 3 is 1.96 bits per heavy atom. The van der Waals surface area contributed by atoms with Crippen molar-refractivity contribution in [3.05, 3.63) is 59.7 Å². The molecule has 2 aromatic rings. The van der Waals surface area contributed by atoms with Crippen LogP contribution in [0.3, 0.4) is 0 Å². The van der Waals surface area contributed by atoms with Crippen LogP contribution in [0, 0.1) is 0 Å².